The van der Waals surface area contributed by atoms with Crippen LogP contribution in [0.1, 0.15) is 51.5 Å². The lowest BCUT2D eigenvalue weighted by molar-refractivity contribution is -0.132. The molecule has 1 aromatic carbocycles. The molecule has 3 amide bonds. The summed E-state index contributed by atoms with van der Waals surface area (Å²) in [5, 5.41) is 10.5. The summed E-state index contributed by atoms with van der Waals surface area (Å²) in [6, 6.07) is 8.65. The predicted octanol–water partition coefficient (Wildman–Crippen LogP) is 4.92. The summed E-state index contributed by atoms with van der Waals surface area (Å²) in [5.74, 6) is 0.894. The average Bonchev–Trinajstić information content (AvgIpc) is 3.30. The minimum Gasteiger partial charge on any atom is -0.343 e. The van der Waals surface area contributed by atoms with Gasteiger partial charge >= 0.3 is 6.03 Å². The lowest BCUT2D eigenvalue weighted by Gasteiger charge is -2.33. The number of carbonyl (C=O) groups excluding carboxylic acids is 2. The van der Waals surface area contributed by atoms with Gasteiger partial charge in [-0.15, -0.1) is 0 Å². The Kier molecular flexibility index (Phi) is 5.99. The zero-order chi connectivity index (χ0) is 21.1. The van der Waals surface area contributed by atoms with Crippen LogP contribution in [0.15, 0.2) is 36.5 Å². The second-order valence-corrected chi connectivity index (χ2v) is 9.05. The molecule has 1 saturated heterocycles. The van der Waals surface area contributed by atoms with E-state index in [0.29, 0.717) is 28.4 Å². The maximum Gasteiger partial charge on any atom is 0.324 e. The van der Waals surface area contributed by atoms with Crippen LogP contribution in [-0.4, -0.2) is 39.7 Å². The van der Waals surface area contributed by atoms with Crippen molar-refractivity contribution >= 4 is 35.0 Å². The Hall–Kier alpha value is -2.54. The van der Waals surface area contributed by atoms with Gasteiger partial charge in [0.25, 0.3) is 0 Å². The van der Waals surface area contributed by atoms with Crippen LogP contribution in [0.25, 0.3) is 0 Å². The molecule has 2 N–H and O–H groups in total. The van der Waals surface area contributed by atoms with Gasteiger partial charge in [-0.2, -0.15) is 5.10 Å². The van der Waals surface area contributed by atoms with Crippen LogP contribution in [-0.2, 0) is 4.79 Å². The van der Waals surface area contributed by atoms with Gasteiger partial charge in [-0.3, -0.25) is 10.1 Å². The van der Waals surface area contributed by atoms with Crippen LogP contribution in [0.3, 0.4) is 0 Å². The van der Waals surface area contributed by atoms with E-state index in [-0.39, 0.29) is 18.0 Å². The van der Waals surface area contributed by atoms with Crippen LogP contribution in [0.4, 0.5) is 16.3 Å². The molecule has 0 bridgehead atoms. The van der Waals surface area contributed by atoms with Gasteiger partial charge < -0.3 is 10.2 Å². The zero-order valence-electron chi connectivity index (χ0n) is 17.2. The van der Waals surface area contributed by atoms with Gasteiger partial charge in [0.15, 0.2) is 0 Å². The van der Waals surface area contributed by atoms with Crippen molar-refractivity contribution in [2.24, 2.45) is 5.41 Å². The van der Waals surface area contributed by atoms with Crippen molar-refractivity contribution in [3.8, 4) is 0 Å². The largest absolute Gasteiger partial charge is 0.343 e. The second kappa shape index (κ2) is 8.68. The highest BCUT2D eigenvalue weighted by molar-refractivity contribution is 6.33. The Morgan fingerprint density at radius 1 is 1.17 bits per heavy atom. The summed E-state index contributed by atoms with van der Waals surface area (Å²) < 4.78 is 1.85. The van der Waals surface area contributed by atoms with E-state index in [0.717, 1.165) is 32.4 Å². The minimum absolute atomic E-state index is 0.153. The molecular formula is C22H28ClN5O2. The number of rotatable bonds is 6. The third-order valence-corrected chi connectivity index (χ3v) is 6.57. The Labute approximate surface area is 181 Å². The quantitative estimate of drug-likeness (QED) is 0.683. The number of aromatic nitrogens is 2. The SMILES string of the molecule is CC1(CCC(=O)N2CCC(n3nccc3NC(=O)Nc3ccccc3Cl)CC2)CC1. The molecule has 1 aliphatic heterocycles. The number of para-hydroxylation sites is 1. The summed E-state index contributed by atoms with van der Waals surface area (Å²) in [6.07, 6.45) is 7.48. The van der Waals surface area contributed by atoms with Crippen molar-refractivity contribution < 1.29 is 9.59 Å². The van der Waals surface area contributed by atoms with Crippen molar-refractivity contribution in [3.05, 3.63) is 41.6 Å². The fraction of sp³-hybridized carbons (Fsp3) is 0.500. The number of likely N-dealkylation sites (tertiary alicyclic amines) is 1. The van der Waals surface area contributed by atoms with Crippen molar-refractivity contribution in [2.75, 3.05) is 23.7 Å². The molecule has 2 aliphatic rings. The van der Waals surface area contributed by atoms with Gasteiger partial charge in [0.1, 0.15) is 5.82 Å². The molecule has 0 radical (unpaired) electrons. The van der Waals surface area contributed by atoms with Gasteiger partial charge in [0.05, 0.1) is 22.9 Å². The van der Waals surface area contributed by atoms with Crippen LogP contribution in [0, 0.1) is 5.41 Å². The highest BCUT2D eigenvalue weighted by Gasteiger charge is 2.37. The highest BCUT2D eigenvalue weighted by atomic mass is 35.5. The molecule has 0 atom stereocenters. The van der Waals surface area contributed by atoms with Gasteiger partial charge in [0.2, 0.25) is 5.91 Å². The number of nitrogens with zero attached hydrogens (tertiary/aromatic N) is 3. The van der Waals surface area contributed by atoms with Crippen LogP contribution in [0.2, 0.25) is 5.02 Å². The molecule has 1 aromatic heterocycles. The Morgan fingerprint density at radius 2 is 1.90 bits per heavy atom. The summed E-state index contributed by atoms with van der Waals surface area (Å²) in [7, 11) is 0. The number of benzene rings is 1. The number of anilines is 2. The molecule has 7 nitrogen and oxygen atoms in total. The Morgan fingerprint density at radius 3 is 2.60 bits per heavy atom. The number of piperidine rings is 1. The molecule has 4 rings (SSSR count). The lowest BCUT2D eigenvalue weighted by Crippen LogP contribution is -2.39. The molecule has 160 valence electrons. The molecule has 2 heterocycles. The molecule has 1 aliphatic carbocycles. The third kappa shape index (κ3) is 4.95. The number of halogens is 1. The minimum atomic E-state index is -0.369. The monoisotopic (exact) mass is 429 g/mol. The Bertz CT molecular complexity index is 916. The predicted molar refractivity (Wildman–Crippen MR) is 118 cm³/mol. The fourth-order valence-electron chi connectivity index (χ4n) is 3.93. The molecule has 8 heteroatoms. The second-order valence-electron chi connectivity index (χ2n) is 8.64. The van der Waals surface area contributed by atoms with Gasteiger partial charge in [-0.1, -0.05) is 30.7 Å². The molecular weight excluding hydrogens is 402 g/mol. The maximum atomic E-state index is 12.5. The summed E-state index contributed by atoms with van der Waals surface area (Å²) in [4.78, 5) is 26.9. The number of nitrogens with one attached hydrogen (secondary N) is 2. The molecule has 0 spiro atoms. The van der Waals surface area contributed by atoms with E-state index in [4.69, 9.17) is 11.6 Å². The molecule has 1 saturated carbocycles. The third-order valence-electron chi connectivity index (χ3n) is 6.24. The number of carbonyl (C=O) groups is 2. The van der Waals surface area contributed by atoms with Gasteiger partial charge in [0, 0.05) is 25.6 Å². The van der Waals surface area contributed by atoms with E-state index in [1.807, 2.05) is 21.7 Å². The van der Waals surface area contributed by atoms with Crippen molar-refractivity contribution in [3.63, 3.8) is 0 Å². The topological polar surface area (TPSA) is 79.3 Å². The first-order valence-corrected chi connectivity index (χ1v) is 11.0. The van der Waals surface area contributed by atoms with Gasteiger partial charge in [-0.05, 0) is 49.7 Å². The fourth-order valence-corrected chi connectivity index (χ4v) is 4.11. The van der Waals surface area contributed by atoms with Crippen molar-refractivity contribution in [1.82, 2.24) is 14.7 Å². The first-order valence-electron chi connectivity index (χ1n) is 10.6. The summed E-state index contributed by atoms with van der Waals surface area (Å²) in [5.41, 5.74) is 0.961. The van der Waals surface area contributed by atoms with E-state index in [9.17, 15) is 9.59 Å². The van der Waals surface area contributed by atoms with Crippen LogP contribution < -0.4 is 10.6 Å². The molecule has 0 unspecified atom stereocenters. The number of urea groups is 1. The van der Waals surface area contributed by atoms with Crippen LogP contribution >= 0.6 is 11.6 Å². The first kappa shape index (κ1) is 20.7. The lowest BCUT2D eigenvalue weighted by atomic mass is 10.0. The van der Waals surface area contributed by atoms with Crippen molar-refractivity contribution in [2.45, 2.75) is 51.5 Å². The molecule has 2 fully saturated rings. The standard InChI is InChI=1S/C22H28ClN5O2/c1-22(11-12-22)10-6-20(29)27-14-8-16(9-15-27)28-19(7-13-24-28)26-21(30)25-18-5-3-2-4-17(18)23/h2-5,7,13,16H,6,8-12,14-15H2,1H3,(H2,25,26,30). The van der Waals surface area contributed by atoms with E-state index >= 15 is 0 Å². The van der Waals surface area contributed by atoms with E-state index in [2.05, 4.69) is 22.7 Å². The molecule has 30 heavy (non-hydrogen) atoms. The summed E-state index contributed by atoms with van der Waals surface area (Å²) in [6.45, 7) is 3.72. The summed E-state index contributed by atoms with van der Waals surface area (Å²) >= 11 is 6.10. The molecule has 2 aromatic rings. The van der Waals surface area contributed by atoms with Crippen molar-refractivity contribution in [1.29, 1.82) is 0 Å². The van der Waals surface area contributed by atoms with E-state index < -0.39 is 0 Å². The van der Waals surface area contributed by atoms with Crippen LogP contribution in [0.5, 0.6) is 0 Å². The van der Waals surface area contributed by atoms with E-state index in [1.165, 1.54) is 12.8 Å². The van der Waals surface area contributed by atoms with E-state index in [1.54, 1.807) is 24.4 Å². The number of amides is 3. The zero-order valence-corrected chi connectivity index (χ0v) is 18.0. The highest BCUT2D eigenvalue weighted by Crippen LogP contribution is 2.49. The number of hydrogen-bond donors (Lipinski definition) is 2. The first-order chi connectivity index (χ1) is 14.4. The normalized spacial score (nSPS) is 18.1. The Balaban J connectivity index is 1.30. The average molecular weight is 430 g/mol. The smallest absolute Gasteiger partial charge is 0.324 e. The number of hydrogen-bond acceptors (Lipinski definition) is 3. The maximum absolute atomic E-state index is 12.5. The van der Waals surface area contributed by atoms with Gasteiger partial charge in [-0.25, -0.2) is 9.48 Å².